The fourth-order valence-electron chi connectivity index (χ4n) is 3.86. The maximum atomic E-state index is 13.9. The normalized spacial score (nSPS) is 27.8. The molecular weight excluding hydrogens is 286 g/mol. The maximum Gasteiger partial charge on any atom is 0.152 e. The summed E-state index contributed by atoms with van der Waals surface area (Å²) in [6, 6.07) is 4.30. The molecule has 0 radical (unpaired) electrons. The highest BCUT2D eigenvalue weighted by Gasteiger charge is 2.37. The molecule has 4 rings (SSSR count). The van der Waals surface area contributed by atoms with Crippen LogP contribution in [0.1, 0.15) is 25.7 Å². The van der Waals surface area contributed by atoms with E-state index in [-0.39, 0.29) is 11.6 Å². The van der Waals surface area contributed by atoms with Crippen molar-refractivity contribution in [2.45, 2.75) is 37.8 Å². The molecule has 3 unspecified atom stereocenters. The Morgan fingerprint density at radius 2 is 2.09 bits per heavy atom. The van der Waals surface area contributed by atoms with Gasteiger partial charge in [0.2, 0.25) is 0 Å². The van der Waals surface area contributed by atoms with Crippen molar-refractivity contribution in [2.75, 3.05) is 11.9 Å². The molecule has 5 heteroatoms. The van der Waals surface area contributed by atoms with Crippen molar-refractivity contribution in [3.05, 3.63) is 36.0 Å². The van der Waals surface area contributed by atoms with Crippen molar-refractivity contribution >= 4 is 16.6 Å². The fourth-order valence-corrected chi connectivity index (χ4v) is 3.86. The zero-order chi connectivity index (χ0) is 15.1. The van der Waals surface area contributed by atoms with Gasteiger partial charge in [-0.1, -0.05) is 0 Å². The largest absolute Gasteiger partial charge is 0.381 e. The van der Waals surface area contributed by atoms with Crippen LogP contribution in [0.5, 0.6) is 0 Å². The minimum absolute atomic E-state index is 0.210. The Hall–Kier alpha value is -1.75. The van der Waals surface area contributed by atoms with Gasteiger partial charge in [-0.15, -0.1) is 0 Å². The molecule has 2 aromatic rings. The summed E-state index contributed by atoms with van der Waals surface area (Å²) < 4.78 is 33.2. The highest BCUT2D eigenvalue weighted by molar-refractivity contribution is 5.91. The lowest BCUT2D eigenvalue weighted by atomic mass is 9.81. The summed E-state index contributed by atoms with van der Waals surface area (Å²) in [6.07, 6.45) is 6.23. The average molecular weight is 304 g/mol. The molecule has 1 aromatic heterocycles. The SMILES string of the molecule is Fc1cc(F)c2nccc(NC3CCCC4OCCC34)c2c1. The van der Waals surface area contributed by atoms with E-state index in [9.17, 15) is 8.78 Å². The van der Waals surface area contributed by atoms with Crippen LogP contribution in [-0.2, 0) is 4.74 Å². The Kier molecular flexibility index (Phi) is 3.45. The van der Waals surface area contributed by atoms with E-state index in [2.05, 4.69) is 10.3 Å². The van der Waals surface area contributed by atoms with E-state index in [0.717, 1.165) is 44.0 Å². The topological polar surface area (TPSA) is 34.2 Å². The van der Waals surface area contributed by atoms with Gasteiger partial charge in [0.05, 0.1) is 6.10 Å². The number of nitrogens with one attached hydrogen (secondary N) is 1. The number of ether oxygens (including phenoxy) is 1. The molecule has 1 saturated carbocycles. The number of fused-ring (bicyclic) bond motifs is 2. The van der Waals surface area contributed by atoms with E-state index in [1.807, 2.05) is 0 Å². The third-order valence-electron chi connectivity index (χ3n) is 4.89. The fraction of sp³-hybridized carbons (Fsp3) is 0.471. The number of benzene rings is 1. The van der Waals surface area contributed by atoms with Gasteiger partial charge in [0.1, 0.15) is 11.3 Å². The van der Waals surface area contributed by atoms with Gasteiger partial charge >= 0.3 is 0 Å². The van der Waals surface area contributed by atoms with Crippen molar-refractivity contribution in [3.8, 4) is 0 Å². The van der Waals surface area contributed by atoms with Crippen LogP contribution < -0.4 is 5.32 Å². The second-order valence-electron chi connectivity index (χ2n) is 6.19. The smallest absolute Gasteiger partial charge is 0.152 e. The third-order valence-corrected chi connectivity index (χ3v) is 4.89. The van der Waals surface area contributed by atoms with Gasteiger partial charge in [-0.05, 0) is 37.8 Å². The Morgan fingerprint density at radius 1 is 1.18 bits per heavy atom. The molecule has 1 aliphatic heterocycles. The number of aromatic nitrogens is 1. The van der Waals surface area contributed by atoms with Gasteiger partial charge in [0.25, 0.3) is 0 Å². The molecule has 0 spiro atoms. The van der Waals surface area contributed by atoms with Crippen LogP contribution >= 0.6 is 0 Å². The number of hydrogen-bond donors (Lipinski definition) is 1. The van der Waals surface area contributed by atoms with Gasteiger partial charge in [-0.2, -0.15) is 0 Å². The van der Waals surface area contributed by atoms with Gasteiger partial charge in [0.15, 0.2) is 5.82 Å². The Balaban J connectivity index is 1.69. The molecule has 3 nitrogen and oxygen atoms in total. The summed E-state index contributed by atoms with van der Waals surface area (Å²) in [5.41, 5.74) is 0.961. The zero-order valence-corrected chi connectivity index (χ0v) is 12.2. The molecular formula is C17H18F2N2O. The second kappa shape index (κ2) is 5.47. The summed E-state index contributed by atoms with van der Waals surface area (Å²) in [4.78, 5) is 4.04. The molecule has 0 amide bonds. The minimum Gasteiger partial charge on any atom is -0.381 e. The first kappa shape index (κ1) is 13.9. The summed E-state index contributed by atoms with van der Waals surface area (Å²) in [5.74, 6) is -0.716. The lowest BCUT2D eigenvalue weighted by Crippen LogP contribution is -2.38. The van der Waals surface area contributed by atoms with Crippen LogP contribution in [0.15, 0.2) is 24.4 Å². The molecule has 0 bridgehead atoms. The lowest BCUT2D eigenvalue weighted by Gasteiger charge is -2.34. The number of nitrogens with zero attached hydrogens (tertiary/aromatic N) is 1. The van der Waals surface area contributed by atoms with Crippen LogP contribution in [0.3, 0.4) is 0 Å². The van der Waals surface area contributed by atoms with Crippen LogP contribution in [0.25, 0.3) is 10.9 Å². The van der Waals surface area contributed by atoms with Gasteiger partial charge in [-0.3, -0.25) is 4.98 Å². The van der Waals surface area contributed by atoms with E-state index in [1.165, 1.54) is 6.07 Å². The molecule has 3 atom stereocenters. The highest BCUT2D eigenvalue weighted by Crippen LogP contribution is 2.37. The van der Waals surface area contributed by atoms with E-state index in [4.69, 9.17) is 4.74 Å². The zero-order valence-electron chi connectivity index (χ0n) is 12.2. The van der Waals surface area contributed by atoms with E-state index >= 15 is 0 Å². The van der Waals surface area contributed by atoms with Crippen molar-refractivity contribution < 1.29 is 13.5 Å². The summed E-state index contributed by atoms with van der Waals surface area (Å²) in [6.45, 7) is 0.813. The van der Waals surface area contributed by atoms with E-state index in [1.54, 1.807) is 12.3 Å². The molecule has 1 saturated heterocycles. The summed E-state index contributed by atoms with van der Waals surface area (Å²) in [7, 11) is 0. The Bertz CT molecular complexity index is 706. The predicted molar refractivity (Wildman–Crippen MR) is 80.8 cm³/mol. The monoisotopic (exact) mass is 304 g/mol. The maximum absolute atomic E-state index is 13.9. The Labute approximate surface area is 127 Å². The molecule has 2 heterocycles. The number of anilines is 1. The third kappa shape index (κ3) is 2.33. The second-order valence-corrected chi connectivity index (χ2v) is 6.19. The van der Waals surface area contributed by atoms with Crippen LogP contribution in [0.4, 0.5) is 14.5 Å². The van der Waals surface area contributed by atoms with Gasteiger partial charge in [-0.25, -0.2) is 8.78 Å². The van der Waals surface area contributed by atoms with E-state index < -0.39 is 11.6 Å². The van der Waals surface area contributed by atoms with Crippen molar-refractivity contribution in [3.63, 3.8) is 0 Å². The number of halogens is 2. The molecule has 22 heavy (non-hydrogen) atoms. The molecule has 2 fully saturated rings. The average Bonchev–Trinajstić information content (AvgIpc) is 2.97. The van der Waals surface area contributed by atoms with Crippen LogP contribution in [0.2, 0.25) is 0 Å². The van der Waals surface area contributed by atoms with Gasteiger partial charge in [0, 0.05) is 41.9 Å². The first-order valence-corrected chi connectivity index (χ1v) is 7.84. The first-order valence-electron chi connectivity index (χ1n) is 7.84. The molecule has 1 aromatic carbocycles. The van der Waals surface area contributed by atoms with Crippen molar-refractivity contribution in [1.82, 2.24) is 4.98 Å². The quantitative estimate of drug-likeness (QED) is 0.914. The number of rotatable bonds is 2. The predicted octanol–water partition coefficient (Wildman–Crippen LogP) is 3.88. The van der Waals surface area contributed by atoms with Crippen molar-refractivity contribution in [2.24, 2.45) is 5.92 Å². The molecule has 116 valence electrons. The standard InChI is InChI=1S/C17H18F2N2O/c18-10-8-12-15(4-6-20-17(12)13(19)9-10)21-14-2-1-3-16-11(14)5-7-22-16/h4,6,8-9,11,14,16H,1-3,5,7H2,(H,20,21). The highest BCUT2D eigenvalue weighted by atomic mass is 19.1. The van der Waals surface area contributed by atoms with Crippen molar-refractivity contribution in [1.29, 1.82) is 0 Å². The molecule has 1 N–H and O–H groups in total. The molecule has 1 aliphatic carbocycles. The lowest BCUT2D eigenvalue weighted by molar-refractivity contribution is 0.0620. The minimum atomic E-state index is -0.621. The van der Waals surface area contributed by atoms with Gasteiger partial charge < -0.3 is 10.1 Å². The Morgan fingerprint density at radius 3 is 3.00 bits per heavy atom. The van der Waals surface area contributed by atoms with E-state index in [0.29, 0.717) is 17.4 Å². The summed E-state index contributed by atoms with van der Waals surface area (Å²) >= 11 is 0. The van der Waals surface area contributed by atoms with Crippen LogP contribution in [0, 0.1) is 17.6 Å². The first-order chi connectivity index (χ1) is 10.7. The number of pyridine rings is 1. The summed E-state index contributed by atoms with van der Waals surface area (Å²) in [5, 5.41) is 4.00. The van der Waals surface area contributed by atoms with Crippen LogP contribution in [-0.4, -0.2) is 23.7 Å². The molecule has 2 aliphatic rings. The number of hydrogen-bond acceptors (Lipinski definition) is 3.